The smallest absolute Gasteiger partial charge is 0.452 e. The SMILES string of the molecule is CCCC(CCNc1nc(C(F)(F)F)ns1)CCC(=O)O. The largest absolute Gasteiger partial charge is 0.481 e. The van der Waals surface area contributed by atoms with E-state index in [1.165, 1.54) is 0 Å². The van der Waals surface area contributed by atoms with Gasteiger partial charge >= 0.3 is 12.1 Å². The van der Waals surface area contributed by atoms with E-state index in [1.807, 2.05) is 6.92 Å². The van der Waals surface area contributed by atoms with E-state index in [4.69, 9.17) is 5.11 Å². The van der Waals surface area contributed by atoms with Gasteiger partial charge in [0.2, 0.25) is 11.0 Å². The molecule has 1 aromatic rings. The van der Waals surface area contributed by atoms with E-state index in [-0.39, 0.29) is 17.5 Å². The zero-order chi connectivity index (χ0) is 15.9. The summed E-state index contributed by atoms with van der Waals surface area (Å²) in [7, 11) is 0. The number of aliphatic carboxylic acids is 1. The van der Waals surface area contributed by atoms with Gasteiger partial charge in [-0.05, 0) is 18.8 Å². The first-order valence-electron chi connectivity index (χ1n) is 6.69. The van der Waals surface area contributed by atoms with Crippen molar-refractivity contribution in [1.29, 1.82) is 0 Å². The molecule has 0 saturated carbocycles. The highest BCUT2D eigenvalue weighted by molar-refractivity contribution is 7.09. The Labute approximate surface area is 124 Å². The number of halogens is 3. The molecule has 0 fully saturated rings. The summed E-state index contributed by atoms with van der Waals surface area (Å²) >= 11 is 0.673. The second-order valence-electron chi connectivity index (χ2n) is 4.72. The van der Waals surface area contributed by atoms with Crippen LogP contribution in [0.1, 0.15) is 44.9 Å². The van der Waals surface area contributed by atoms with E-state index in [1.54, 1.807) is 0 Å². The van der Waals surface area contributed by atoms with Crippen LogP contribution in [0.15, 0.2) is 0 Å². The van der Waals surface area contributed by atoms with E-state index in [0.29, 0.717) is 30.9 Å². The topological polar surface area (TPSA) is 75.1 Å². The van der Waals surface area contributed by atoms with Crippen molar-refractivity contribution >= 4 is 22.6 Å². The van der Waals surface area contributed by atoms with Crippen molar-refractivity contribution in [2.75, 3.05) is 11.9 Å². The number of carbonyl (C=O) groups is 1. The minimum absolute atomic E-state index is 0.113. The first-order valence-corrected chi connectivity index (χ1v) is 7.46. The third-order valence-electron chi connectivity index (χ3n) is 2.97. The third-order valence-corrected chi connectivity index (χ3v) is 3.64. The highest BCUT2D eigenvalue weighted by Crippen LogP contribution is 2.29. The molecule has 1 aromatic heterocycles. The van der Waals surface area contributed by atoms with E-state index in [9.17, 15) is 18.0 Å². The number of carboxylic acids is 1. The maximum Gasteiger partial charge on any atom is 0.452 e. The van der Waals surface area contributed by atoms with E-state index in [2.05, 4.69) is 14.7 Å². The van der Waals surface area contributed by atoms with Crippen LogP contribution in [0, 0.1) is 5.92 Å². The fourth-order valence-electron chi connectivity index (χ4n) is 1.96. The van der Waals surface area contributed by atoms with Crippen molar-refractivity contribution in [3.63, 3.8) is 0 Å². The molecular weight excluding hydrogens is 307 g/mol. The average molecular weight is 325 g/mol. The summed E-state index contributed by atoms with van der Waals surface area (Å²) in [5.74, 6) is -1.72. The molecule has 0 bridgehead atoms. The molecule has 21 heavy (non-hydrogen) atoms. The van der Waals surface area contributed by atoms with Crippen LogP contribution in [0.5, 0.6) is 0 Å². The molecule has 0 aliphatic rings. The maximum atomic E-state index is 12.3. The molecule has 9 heteroatoms. The number of hydrogen-bond donors (Lipinski definition) is 2. The lowest BCUT2D eigenvalue weighted by Gasteiger charge is -2.14. The Bertz CT molecular complexity index is 451. The van der Waals surface area contributed by atoms with Gasteiger partial charge in [-0.25, -0.2) is 0 Å². The van der Waals surface area contributed by atoms with Crippen LogP contribution < -0.4 is 5.32 Å². The van der Waals surface area contributed by atoms with Gasteiger partial charge < -0.3 is 10.4 Å². The van der Waals surface area contributed by atoms with Gasteiger partial charge in [-0.2, -0.15) is 22.5 Å². The predicted octanol–water partition coefficient (Wildman–Crippen LogP) is 3.64. The van der Waals surface area contributed by atoms with Crippen LogP contribution in [0.25, 0.3) is 0 Å². The molecule has 1 rings (SSSR count). The molecule has 0 aromatic carbocycles. The first-order chi connectivity index (χ1) is 9.82. The van der Waals surface area contributed by atoms with Crippen molar-refractivity contribution < 1.29 is 23.1 Å². The minimum atomic E-state index is -4.53. The van der Waals surface area contributed by atoms with Crippen molar-refractivity contribution in [3.8, 4) is 0 Å². The van der Waals surface area contributed by atoms with Crippen molar-refractivity contribution in [2.24, 2.45) is 5.92 Å². The second kappa shape index (κ2) is 8.16. The number of alkyl halides is 3. The van der Waals surface area contributed by atoms with E-state index in [0.717, 1.165) is 12.8 Å². The van der Waals surface area contributed by atoms with Crippen LogP contribution >= 0.6 is 11.5 Å². The van der Waals surface area contributed by atoms with Gasteiger partial charge in [0.1, 0.15) is 0 Å². The number of rotatable bonds is 9. The maximum absolute atomic E-state index is 12.3. The number of aromatic nitrogens is 2. The third kappa shape index (κ3) is 6.74. The molecule has 1 unspecified atom stereocenters. The van der Waals surface area contributed by atoms with Gasteiger partial charge in [-0.1, -0.05) is 19.8 Å². The van der Waals surface area contributed by atoms with Gasteiger partial charge in [0.05, 0.1) is 0 Å². The molecule has 0 aliphatic heterocycles. The monoisotopic (exact) mass is 325 g/mol. The molecule has 0 saturated heterocycles. The first kappa shape index (κ1) is 17.7. The molecule has 120 valence electrons. The zero-order valence-electron chi connectivity index (χ0n) is 11.6. The normalized spacial score (nSPS) is 13.1. The zero-order valence-corrected chi connectivity index (χ0v) is 12.4. The molecule has 0 spiro atoms. The van der Waals surface area contributed by atoms with E-state index < -0.39 is 18.0 Å². The lowest BCUT2D eigenvalue weighted by Crippen LogP contribution is -2.11. The molecule has 0 amide bonds. The van der Waals surface area contributed by atoms with Crippen molar-refractivity contribution in [2.45, 2.75) is 45.2 Å². The Morgan fingerprint density at radius 3 is 2.62 bits per heavy atom. The summed E-state index contributed by atoms with van der Waals surface area (Å²) in [5.41, 5.74) is 0. The van der Waals surface area contributed by atoms with E-state index >= 15 is 0 Å². The van der Waals surface area contributed by atoms with Crippen LogP contribution in [-0.2, 0) is 11.0 Å². The Morgan fingerprint density at radius 1 is 1.38 bits per heavy atom. The standard InChI is InChI=1S/C12H18F3N3O2S/c1-2-3-8(4-5-9(19)20)6-7-16-11-17-10(18-21-11)12(13,14)15/h8H,2-7H2,1H3,(H,19,20)(H,16,17,18). The van der Waals surface area contributed by atoms with Gasteiger partial charge in [0.25, 0.3) is 0 Å². The summed E-state index contributed by atoms with van der Waals surface area (Å²) < 4.78 is 40.2. The second-order valence-corrected chi connectivity index (χ2v) is 5.48. The van der Waals surface area contributed by atoms with Crippen LogP contribution in [-0.4, -0.2) is 27.0 Å². The van der Waals surface area contributed by atoms with Gasteiger partial charge in [-0.15, -0.1) is 0 Å². The molecule has 0 radical (unpaired) electrons. The van der Waals surface area contributed by atoms with Crippen LogP contribution in [0.3, 0.4) is 0 Å². The molecule has 2 N–H and O–H groups in total. The Kier molecular flexibility index (Phi) is 6.86. The number of nitrogens with zero attached hydrogens (tertiary/aromatic N) is 2. The Hall–Kier alpha value is -1.38. The van der Waals surface area contributed by atoms with Crippen molar-refractivity contribution in [3.05, 3.63) is 5.82 Å². The number of hydrogen-bond acceptors (Lipinski definition) is 5. The summed E-state index contributed by atoms with van der Waals surface area (Å²) in [4.78, 5) is 13.9. The number of nitrogens with one attached hydrogen (secondary N) is 1. The number of carboxylic acid groups (broad SMARTS) is 1. The molecule has 0 aliphatic carbocycles. The quantitative estimate of drug-likeness (QED) is 0.725. The lowest BCUT2D eigenvalue weighted by atomic mass is 9.94. The van der Waals surface area contributed by atoms with Crippen LogP contribution in [0.4, 0.5) is 18.3 Å². The highest BCUT2D eigenvalue weighted by atomic mass is 32.1. The fourth-order valence-corrected chi connectivity index (χ4v) is 2.57. The fraction of sp³-hybridized carbons (Fsp3) is 0.750. The lowest BCUT2D eigenvalue weighted by molar-refractivity contribution is -0.144. The predicted molar refractivity (Wildman–Crippen MR) is 73.3 cm³/mol. The summed E-state index contributed by atoms with van der Waals surface area (Å²) in [6.07, 6.45) is -1.29. The highest BCUT2D eigenvalue weighted by Gasteiger charge is 2.36. The average Bonchev–Trinajstić information content (AvgIpc) is 2.84. The van der Waals surface area contributed by atoms with Gasteiger partial charge in [-0.3, -0.25) is 4.79 Å². The van der Waals surface area contributed by atoms with Gasteiger partial charge in [0.15, 0.2) is 0 Å². The molecular formula is C12H18F3N3O2S. The molecule has 1 heterocycles. The number of anilines is 1. The summed E-state index contributed by atoms with van der Waals surface area (Å²) in [5, 5.41) is 11.6. The summed E-state index contributed by atoms with van der Waals surface area (Å²) in [6.45, 7) is 2.47. The van der Waals surface area contributed by atoms with Gasteiger partial charge in [0, 0.05) is 24.5 Å². The van der Waals surface area contributed by atoms with Crippen LogP contribution in [0.2, 0.25) is 0 Å². The Morgan fingerprint density at radius 2 is 2.10 bits per heavy atom. The molecule has 5 nitrogen and oxygen atoms in total. The minimum Gasteiger partial charge on any atom is -0.481 e. The Balaban J connectivity index is 2.39. The molecule has 1 atom stereocenters. The van der Waals surface area contributed by atoms with Crippen molar-refractivity contribution in [1.82, 2.24) is 9.36 Å². The summed E-state index contributed by atoms with van der Waals surface area (Å²) in [6, 6.07) is 0.